The molecule has 0 bridgehead atoms. The molecule has 1 aliphatic carbocycles. The summed E-state index contributed by atoms with van der Waals surface area (Å²) in [4.78, 5) is 23.6. The first-order valence-corrected chi connectivity index (χ1v) is 7.21. The third-order valence-electron chi connectivity index (χ3n) is 4.20. The fourth-order valence-electron chi connectivity index (χ4n) is 3.08. The number of nitrogens with one attached hydrogen (secondary N) is 1. The van der Waals surface area contributed by atoms with Crippen LogP contribution in [0, 0.1) is 30.5 Å². The van der Waals surface area contributed by atoms with Crippen molar-refractivity contribution in [2.45, 2.75) is 33.1 Å². The Morgan fingerprint density at radius 3 is 2.52 bits per heavy atom. The predicted molar refractivity (Wildman–Crippen MR) is 77.4 cm³/mol. The zero-order valence-electron chi connectivity index (χ0n) is 12.2. The normalized spacial score (nSPS) is 24.8. The Morgan fingerprint density at radius 1 is 1.29 bits per heavy atom. The predicted octanol–water partition coefficient (Wildman–Crippen LogP) is 3.21. The van der Waals surface area contributed by atoms with Crippen LogP contribution in [-0.4, -0.2) is 17.0 Å². The lowest BCUT2D eigenvalue weighted by Crippen LogP contribution is -2.30. The molecule has 1 aliphatic rings. The maximum atomic E-state index is 13.3. The van der Waals surface area contributed by atoms with Gasteiger partial charge in [-0.1, -0.05) is 13.3 Å². The second kappa shape index (κ2) is 6.24. The van der Waals surface area contributed by atoms with E-state index in [1.54, 1.807) is 13.0 Å². The van der Waals surface area contributed by atoms with Crippen LogP contribution in [0.15, 0.2) is 18.2 Å². The Labute approximate surface area is 123 Å². The lowest BCUT2D eigenvalue weighted by Gasteiger charge is -2.16. The van der Waals surface area contributed by atoms with E-state index in [2.05, 4.69) is 5.32 Å². The fourth-order valence-corrected chi connectivity index (χ4v) is 3.08. The van der Waals surface area contributed by atoms with E-state index in [1.807, 2.05) is 6.92 Å². The van der Waals surface area contributed by atoms with Crippen molar-refractivity contribution in [1.82, 2.24) is 0 Å². The average Bonchev–Trinajstić information content (AvgIpc) is 2.81. The van der Waals surface area contributed by atoms with Crippen LogP contribution in [0.2, 0.25) is 0 Å². The summed E-state index contributed by atoms with van der Waals surface area (Å²) < 4.78 is 13.3. The molecule has 4 nitrogen and oxygen atoms in total. The number of benzene rings is 1. The van der Waals surface area contributed by atoms with E-state index in [4.69, 9.17) is 0 Å². The van der Waals surface area contributed by atoms with Crippen molar-refractivity contribution in [3.63, 3.8) is 0 Å². The smallest absolute Gasteiger partial charge is 0.307 e. The van der Waals surface area contributed by atoms with Gasteiger partial charge in [0.1, 0.15) is 5.82 Å². The standard InChI is InChI=1S/C16H20FNO3/c1-3-10-6-13(14(7-10)16(20)21)15(19)18-12-5-9(2)4-11(17)8-12/h4-5,8,10,13-14H,3,6-7H2,1-2H3,(H,18,19)(H,20,21). The van der Waals surface area contributed by atoms with Crippen molar-refractivity contribution >= 4 is 17.6 Å². The van der Waals surface area contributed by atoms with Gasteiger partial charge in [-0.15, -0.1) is 0 Å². The highest BCUT2D eigenvalue weighted by Crippen LogP contribution is 2.39. The van der Waals surface area contributed by atoms with E-state index >= 15 is 0 Å². The van der Waals surface area contributed by atoms with E-state index in [-0.39, 0.29) is 11.8 Å². The first-order chi connectivity index (χ1) is 9.90. The number of hydrogen-bond acceptors (Lipinski definition) is 2. The number of carbonyl (C=O) groups excluding carboxylic acids is 1. The number of amides is 1. The fraction of sp³-hybridized carbons (Fsp3) is 0.500. The molecule has 1 saturated carbocycles. The zero-order valence-corrected chi connectivity index (χ0v) is 12.2. The Morgan fingerprint density at radius 2 is 1.95 bits per heavy atom. The molecule has 3 atom stereocenters. The summed E-state index contributed by atoms with van der Waals surface area (Å²) in [6, 6.07) is 4.29. The van der Waals surface area contributed by atoms with Crippen LogP contribution in [0.4, 0.5) is 10.1 Å². The van der Waals surface area contributed by atoms with Gasteiger partial charge in [-0.3, -0.25) is 9.59 Å². The Bertz CT molecular complexity index is 538. The number of carboxylic acid groups (broad SMARTS) is 1. The molecule has 0 aromatic heterocycles. The molecule has 0 radical (unpaired) electrons. The molecular formula is C16H20FNO3. The molecule has 5 heteroatoms. The number of aryl methyl sites for hydroxylation is 1. The molecule has 1 fully saturated rings. The Kier molecular flexibility index (Phi) is 4.60. The quantitative estimate of drug-likeness (QED) is 0.895. The minimum absolute atomic E-state index is 0.260. The van der Waals surface area contributed by atoms with Crippen LogP contribution in [-0.2, 0) is 9.59 Å². The van der Waals surface area contributed by atoms with Crippen molar-refractivity contribution in [3.05, 3.63) is 29.6 Å². The lowest BCUT2D eigenvalue weighted by atomic mass is 9.95. The van der Waals surface area contributed by atoms with Gasteiger partial charge in [-0.25, -0.2) is 4.39 Å². The van der Waals surface area contributed by atoms with Gasteiger partial charge in [0, 0.05) is 5.69 Å². The molecule has 2 N–H and O–H groups in total. The summed E-state index contributed by atoms with van der Waals surface area (Å²) in [5.74, 6) is -2.61. The molecule has 0 saturated heterocycles. The first kappa shape index (κ1) is 15.5. The third kappa shape index (κ3) is 3.60. The Balaban J connectivity index is 2.13. The SMILES string of the molecule is CCC1CC(C(=O)O)C(C(=O)Nc2cc(C)cc(F)c2)C1. The Hall–Kier alpha value is -1.91. The van der Waals surface area contributed by atoms with Gasteiger partial charge in [0.25, 0.3) is 0 Å². The van der Waals surface area contributed by atoms with Crippen molar-refractivity contribution < 1.29 is 19.1 Å². The lowest BCUT2D eigenvalue weighted by molar-refractivity contribution is -0.145. The van der Waals surface area contributed by atoms with Gasteiger partial charge in [0.2, 0.25) is 5.91 Å². The topological polar surface area (TPSA) is 66.4 Å². The highest BCUT2D eigenvalue weighted by molar-refractivity contribution is 5.95. The van der Waals surface area contributed by atoms with Gasteiger partial charge >= 0.3 is 5.97 Å². The van der Waals surface area contributed by atoms with Crippen molar-refractivity contribution in [2.75, 3.05) is 5.32 Å². The minimum Gasteiger partial charge on any atom is -0.481 e. The summed E-state index contributed by atoms with van der Waals surface area (Å²) >= 11 is 0. The molecule has 2 rings (SSSR count). The zero-order chi connectivity index (χ0) is 15.6. The van der Waals surface area contributed by atoms with E-state index < -0.39 is 23.6 Å². The first-order valence-electron chi connectivity index (χ1n) is 7.21. The van der Waals surface area contributed by atoms with Crippen LogP contribution < -0.4 is 5.32 Å². The van der Waals surface area contributed by atoms with Crippen LogP contribution in [0.3, 0.4) is 0 Å². The maximum Gasteiger partial charge on any atom is 0.307 e. The summed E-state index contributed by atoms with van der Waals surface area (Å²) in [7, 11) is 0. The molecule has 114 valence electrons. The van der Waals surface area contributed by atoms with Gasteiger partial charge < -0.3 is 10.4 Å². The molecule has 1 aromatic rings. The van der Waals surface area contributed by atoms with Crippen molar-refractivity contribution in [1.29, 1.82) is 0 Å². The van der Waals surface area contributed by atoms with E-state index in [0.717, 1.165) is 6.42 Å². The summed E-state index contributed by atoms with van der Waals surface area (Å²) in [5.41, 5.74) is 1.08. The number of aliphatic carboxylic acids is 1. The highest BCUT2D eigenvalue weighted by atomic mass is 19.1. The monoisotopic (exact) mass is 293 g/mol. The molecule has 3 unspecified atom stereocenters. The molecular weight excluding hydrogens is 273 g/mol. The molecule has 1 amide bonds. The molecule has 21 heavy (non-hydrogen) atoms. The maximum absolute atomic E-state index is 13.3. The second-order valence-electron chi connectivity index (χ2n) is 5.80. The van der Waals surface area contributed by atoms with Gasteiger partial charge in [0.05, 0.1) is 11.8 Å². The van der Waals surface area contributed by atoms with Crippen LogP contribution >= 0.6 is 0 Å². The number of hydrogen-bond donors (Lipinski definition) is 2. The molecule has 0 aliphatic heterocycles. The summed E-state index contributed by atoms with van der Waals surface area (Å²) in [6.45, 7) is 3.74. The summed E-state index contributed by atoms with van der Waals surface area (Å²) in [6.07, 6.45) is 1.98. The average molecular weight is 293 g/mol. The highest BCUT2D eigenvalue weighted by Gasteiger charge is 2.42. The second-order valence-corrected chi connectivity index (χ2v) is 5.80. The number of halogens is 1. The van der Waals surface area contributed by atoms with Crippen LogP contribution in [0.5, 0.6) is 0 Å². The molecule has 1 aromatic carbocycles. The van der Waals surface area contributed by atoms with E-state index in [0.29, 0.717) is 24.1 Å². The number of anilines is 1. The largest absolute Gasteiger partial charge is 0.481 e. The van der Waals surface area contributed by atoms with Gasteiger partial charge in [-0.05, 0) is 49.4 Å². The van der Waals surface area contributed by atoms with Gasteiger partial charge in [-0.2, -0.15) is 0 Å². The van der Waals surface area contributed by atoms with Crippen LogP contribution in [0.1, 0.15) is 31.7 Å². The van der Waals surface area contributed by atoms with E-state index in [1.165, 1.54) is 12.1 Å². The number of rotatable bonds is 4. The third-order valence-corrected chi connectivity index (χ3v) is 4.20. The van der Waals surface area contributed by atoms with Crippen molar-refractivity contribution in [3.8, 4) is 0 Å². The van der Waals surface area contributed by atoms with Crippen molar-refractivity contribution in [2.24, 2.45) is 17.8 Å². The molecule has 0 heterocycles. The van der Waals surface area contributed by atoms with E-state index in [9.17, 15) is 19.1 Å². The minimum atomic E-state index is -0.929. The summed E-state index contributed by atoms with van der Waals surface area (Å²) in [5, 5.41) is 11.9. The number of carboxylic acids is 1. The molecule has 0 spiro atoms. The van der Waals surface area contributed by atoms with Gasteiger partial charge in [0.15, 0.2) is 0 Å². The van der Waals surface area contributed by atoms with Crippen LogP contribution in [0.25, 0.3) is 0 Å². The number of carbonyl (C=O) groups is 2.